The third-order valence-corrected chi connectivity index (χ3v) is 19.5. The van der Waals surface area contributed by atoms with Crippen molar-refractivity contribution in [1.82, 2.24) is 5.32 Å². The Labute approximate surface area is 598 Å². The number of carbonyl (C=O) groups is 1. The first-order valence-electron chi connectivity index (χ1n) is 39.7. The molecule has 576 valence electrons. The quantitative estimate of drug-likeness (QED) is 0.0199. The highest BCUT2D eigenvalue weighted by Crippen LogP contribution is 2.33. The Morgan fingerprint density at radius 1 is 0.374 bits per heavy atom. The van der Waals surface area contributed by atoms with Crippen molar-refractivity contribution in [2.75, 3.05) is 26.4 Å². The highest BCUT2D eigenvalue weighted by Gasteiger charge is 2.54. The molecule has 0 bridgehead atoms. The molecule has 0 aromatic heterocycles. The number of hydrogen-bond acceptors (Lipinski definition) is 18. The minimum Gasteiger partial charge on any atom is -0.394 e. The zero-order valence-corrected chi connectivity index (χ0v) is 61.5. The van der Waals surface area contributed by atoms with Gasteiger partial charge in [0.25, 0.3) is 0 Å². The molecule has 0 radical (unpaired) electrons. The van der Waals surface area contributed by atoms with Crippen LogP contribution in [0.4, 0.5) is 0 Å². The van der Waals surface area contributed by atoms with Crippen LogP contribution in [0.15, 0.2) is 72.9 Å². The van der Waals surface area contributed by atoms with E-state index in [1.807, 2.05) is 0 Å². The second-order valence-electron chi connectivity index (χ2n) is 28.2. The fourth-order valence-corrected chi connectivity index (χ4v) is 13.2. The number of rotatable bonds is 62. The van der Waals surface area contributed by atoms with Crippen molar-refractivity contribution in [1.29, 1.82) is 0 Å². The molecule has 3 rings (SSSR count). The van der Waals surface area contributed by atoms with Gasteiger partial charge in [0.15, 0.2) is 18.9 Å². The molecule has 99 heavy (non-hydrogen) atoms. The number of carbonyl (C=O) groups excluding carboxylic acids is 1. The predicted molar refractivity (Wildman–Crippen MR) is 392 cm³/mol. The van der Waals surface area contributed by atoms with Gasteiger partial charge in [-0.05, 0) is 64.2 Å². The highest BCUT2D eigenvalue weighted by atomic mass is 16.8. The lowest BCUT2D eigenvalue weighted by Crippen LogP contribution is -2.66. The van der Waals surface area contributed by atoms with Gasteiger partial charge >= 0.3 is 0 Å². The number of amides is 1. The monoisotopic (exact) mass is 1410 g/mol. The van der Waals surface area contributed by atoms with Crippen LogP contribution in [0.2, 0.25) is 0 Å². The first-order chi connectivity index (χ1) is 48.3. The first kappa shape index (κ1) is 90.4. The number of unbranched alkanes of at least 4 members (excludes halogenated alkanes) is 34. The van der Waals surface area contributed by atoms with E-state index in [0.29, 0.717) is 12.8 Å². The Morgan fingerprint density at radius 2 is 0.697 bits per heavy atom. The average Bonchev–Trinajstić information content (AvgIpc) is 0.784. The summed E-state index contributed by atoms with van der Waals surface area (Å²) in [4.78, 5) is 13.5. The summed E-state index contributed by atoms with van der Waals surface area (Å²) in [7, 11) is 0. The maximum absolute atomic E-state index is 13.5. The molecule has 0 aromatic rings. The molecular formula is C80H143NO18. The molecule has 0 saturated carbocycles. The zero-order chi connectivity index (χ0) is 71.8. The van der Waals surface area contributed by atoms with Gasteiger partial charge < -0.3 is 89.9 Å². The third-order valence-electron chi connectivity index (χ3n) is 19.5. The van der Waals surface area contributed by atoms with E-state index in [2.05, 4.69) is 92.1 Å². The largest absolute Gasteiger partial charge is 0.394 e. The lowest BCUT2D eigenvalue weighted by molar-refractivity contribution is -0.379. The Morgan fingerprint density at radius 3 is 1.09 bits per heavy atom. The highest BCUT2D eigenvalue weighted by molar-refractivity contribution is 5.76. The Bertz CT molecular complexity index is 2070. The Kier molecular flexibility index (Phi) is 55.3. The molecule has 1 amide bonds. The minimum atomic E-state index is -1.98. The van der Waals surface area contributed by atoms with E-state index in [1.165, 1.54) is 167 Å². The number of nitrogens with one attached hydrogen (secondary N) is 1. The van der Waals surface area contributed by atoms with Gasteiger partial charge in [0.2, 0.25) is 5.91 Å². The molecule has 0 aromatic carbocycles. The number of allylic oxidation sites excluding steroid dienone is 12. The first-order valence-corrected chi connectivity index (χ1v) is 39.7. The van der Waals surface area contributed by atoms with Crippen LogP contribution in [0.1, 0.15) is 296 Å². The van der Waals surface area contributed by atoms with Crippen molar-refractivity contribution in [2.45, 2.75) is 401 Å². The van der Waals surface area contributed by atoms with Crippen molar-refractivity contribution in [3.8, 4) is 0 Å². The van der Waals surface area contributed by atoms with E-state index in [-0.39, 0.29) is 18.9 Å². The second-order valence-corrected chi connectivity index (χ2v) is 28.2. The van der Waals surface area contributed by atoms with Crippen LogP contribution in [-0.2, 0) is 33.2 Å². The van der Waals surface area contributed by atoms with Crippen LogP contribution >= 0.6 is 0 Å². The normalized spacial score (nSPS) is 27.0. The fourth-order valence-electron chi connectivity index (χ4n) is 13.2. The van der Waals surface area contributed by atoms with E-state index in [0.717, 1.165) is 96.3 Å². The van der Waals surface area contributed by atoms with Gasteiger partial charge in [0.05, 0.1) is 38.6 Å². The van der Waals surface area contributed by atoms with Gasteiger partial charge in [-0.3, -0.25) is 4.79 Å². The van der Waals surface area contributed by atoms with Crippen LogP contribution in [0.5, 0.6) is 0 Å². The lowest BCUT2D eigenvalue weighted by atomic mass is 9.96. The van der Waals surface area contributed by atoms with E-state index in [9.17, 15) is 61.0 Å². The maximum Gasteiger partial charge on any atom is 0.220 e. The molecule has 0 spiro atoms. The van der Waals surface area contributed by atoms with Crippen LogP contribution in [0.25, 0.3) is 0 Å². The molecule has 3 aliphatic heterocycles. The Hall–Kier alpha value is -2.77. The summed E-state index contributed by atoms with van der Waals surface area (Å²) < 4.78 is 34.5. The molecule has 12 N–H and O–H groups in total. The number of aliphatic hydroxyl groups is 11. The molecule has 17 unspecified atom stereocenters. The molecule has 19 heteroatoms. The van der Waals surface area contributed by atoms with Crippen molar-refractivity contribution in [3.05, 3.63) is 72.9 Å². The number of hydrogen-bond donors (Lipinski definition) is 12. The van der Waals surface area contributed by atoms with Crippen LogP contribution in [0, 0.1) is 0 Å². The van der Waals surface area contributed by atoms with Crippen molar-refractivity contribution < 1.29 is 89.4 Å². The molecule has 17 atom stereocenters. The average molecular weight is 1410 g/mol. The number of ether oxygens (including phenoxy) is 6. The molecular weight excluding hydrogens is 1260 g/mol. The van der Waals surface area contributed by atoms with E-state index >= 15 is 0 Å². The minimum absolute atomic E-state index is 0.251. The summed E-state index contributed by atoms with van der Waals surface area (Å²) in [5, 5.41) is 121. The van der Waals surface area contributed by atoms with Crippen LogP contribution in [-0.4, -0.2) is 193 Å². The summed E-state index contributed by atoms with van der Waals surface area (Å²) in [5.41, 5.74) is 0. The van der Waals surface area contributed by atoms with Gasteiger partial charge in [-0.1, -0.05) is 299 Å². The zero-order valence-electron chi connectivity index (χ0n) is 61.5. The molecule has 0 aliphatic carbocycles. The van der Waals surface area contributed by atoms with Crippen LogP contribution in [0.3, 0.4) is 0 Å². The standard InChI is InChI=1S/C80H143NO18/c1-3-5-7-9-11-13-15-17-19-21-23-25-27-29-31-33-35-37-39-41-43-45-47-49-51-53-55-57-64(85)63(81-68(86)58-56-54-52-50-48-46-44-42-40-38-36-34-32-30-28-26-24-22-20-18-16-14-12-10-8-6-4-2)62-94-78-74(92)71(89)76(66(60-83)96-78)99-80-75(93)72(90)77(67(61-84)97-80)98-79-73(91)70(88)69(87)65(59-82)95-79/h6,8,12,14,18,20,24,26,30,32,36,38,63-67,69-80,82-85,87-93H,3-5,7,9-11,13,15-17,19,21-23,25,27-29,31,33-35,37,39-62H2,1-2H3,(H,81,86)/b8-6-,14-12-,20-18-,26-24-,32-30-,38-36-. The van der Waals surface area contributed by atoms with Gasteiger partial charge in [-0.2, -0.15) is 0 Å². The van der Waals surface area contributed by atoms with E-state index in [4.69, 9.17) is 28.4 Å². The van der Waals surface area contributed by atoms with Gasteiger partial charge in [-0.15, -0.1) is 0 Å². The van der Waals surface area contributed by atoms with Crippen molar-refractivity contribution >= 4 is 5.91 Å². The predicted octanol–water partition coefficient (Wildman–Crippen LogP) is 12.8. The Balaban J connectivity index is 1.39. The van der Waals surface area contributed by atoms with Gasteiger partial charge in [0.1, 0.15) is 73.2 Å². The molecule has 3 saturated heterocycles. The summed E-state index contributed by atoms with van der Waals surface area (Å²) in [6.07, 6.45) is 51.2. The van der Waals surface area contributed by atoms with Gasteiger partial charge in [-0.25, -0.2) is 0 Å². The smallest absolute Gasteiger partial charge is 0.220 e. The summed E-state index contributed by atoms with van der Waals surface area (Å²) in [6.45, 7) is 1.71. The topological polar surface area (TPSA) is 307 Å². The third kappa shape index (κ3) is 40.9. The lowest BCUT2D eigenvalue weighted by Gasteiger charge is -2.48. The van der Waals surface area contributed by atoms with Crippen LogP contribution < -0.4 is 5.32 Å². The molecule has 19 nitrogen and oxygen atoms in total. The van der Waals surface area contributed by atoms with E-state index in [1.54, 1.807) is 0 Å². The second kappa shape index (κ2) is 60.5. The van der Waals surface area contributed by atoms with Crippen molar-refractivity contribution in [3.63, 3.8) is 0 Å². The fraction of sp³-hybridized carbons (Fsp3) is 0.838. The van der Waals surface area contributed by atoms with E-state index < -0.39 is 124 Å². The molecule has 3 heterocycles. The SMILES string of the molecule is CC/C=C\C/C=C\C/C=C\C/C=C\C/C=C\C/C=C\CCCCCCCCCCC(=O)NC(COC1OC(CO)C(OC2OC(CO)C(OC3OC(CO)C(O)C(O)C3O)C(O)C2O)C(O)C1O)C(O)CCCCCCCCCCCCCCCCCCCCCCCCCCCCC. The summed E-state index contributed by atoms with van der Waals surface area (Å²) in [5.74, 6) is -0.251. The summed E-state index contributed by atoms with van der Waals surface area (Å²) in [6, 6.07) is -0.898. The molecule has 3 aliphatic rings. The molecule has 3 fully saturated rings. The summed E-state index contributed by atoms with van der Waals surface area (Å²) >= 11 is 0. The van der Waals surface area contributed by atoms with Crippen molar-refractivity contribution in [2.24, 2.45) is 0 Å². The van der Waals surface area contributed by atoms with Gasteiger partial charge in [0, 0.05) is 6.42 Å². The number of aliphatic hydroxyl groups excluding tert-OH is 11. The maximum atomic E-state index is 13.5.